The molecule has 0 aromatic carbocycles. The molecular weight excluding hydrogens is 184 g/mol. The first-order chi connectivity index (χ1) is 6.34. The van der Waals surface area contributed by atoms with Gasteiger partial charge in [0.05, 0.1) is 10.6 Å². The predicted octanol–water partition coefficient (Wildman–Crippen LogP) is 0.546. The Morgan fingerprint density at radius 3 is 2.85 bits per heavy atom. The molecule has 0 spiro atoms. The van der Waals surface area contributed by atoms with E-state index in [1.165, 1.54) is 16.4 Å². The van der Waals surface area contributed by atoms with Gasteiger partial charge in [-0.25, -0.2) is 0 Å². The molecule has 0 aliphatic rings. The Kier molecular flexibility index (Phi) is 4.88. The molecule has 0 fully saturated rings. The van der Waals surface area contributed by atoms with E-state index in [1.54, 1.807) is 0 Å². The average Bonchev–Trinajstić information content (AvgIpc) is 2.52. The molecule has 1 heterocycles. The van der Waals surface area contributed by atoms with Crippen LogP contribution in [0.5, 0.6) is 0 Å². The molecule has 0 radical (unpaired) electrons. The molecule has 0 bridgehead atoms. The minimum absolute atomic E-state index is 0.896. The summed E-state index contributed by atoms with van der Waals surface area (Å²) >= 11 is 1.47. The van der Waals surface area contributed by atoms with Crippen molar-refractivity contribution in [2.45, 2.75) is 19.9 Å². The normalized spacial score (nSPS) is 10.6. The largest absolute Gasteiger partial charge is 0.320 e. The molecular formula is C8H16N4S. The second kappa shape index (κ2) is 6.01. The maximum atomic E-state index is 3.95. The number of hydrogen-bond acceptors (Lipinski definition) is 5. The van der Waals surface area contributed by atoms with Crippen molar-refractivity contribution >= 4 is 11.5 Å². The summed E-state index contributed by atoms with van der Waals surface area (Å²) in [6.45, 7) is 4.99. The van der Waals surface area contributed by atoms with Gasteiger partial charge in [0.15, 0.2) is 0 Å². The second-order valence-electron chi connectivity index (χ2n) is 2.92. The van der Waals surface area contributed by atoms with Crippen LogP contribution in [-0.2, 0) is 6.54 Å². The van der Waals surface area contributed by atoms with Gasteiger partial charge in [-0.15, -0.1) is 5.10 Å². The van der Waals surface area contributed by atoms with Crippen molar-refractivity contribution in [1.29, 1.82) is 0 Å². The molecule has 0 atom stereocenters. The van der Waals surface area contributed by atoms with Crippen LogP contribution in [0, 0.1) is 6.92 Å². The van der Waals surface area contributed by atoms with E-state index in [0.717, 1.165) is 31.7 Å². The Balaban J connectivity index is 2.10. The molecule has 74 valence electrons. The van der Waals surface area contributed by atoms with Crippen molar-refractivity contribution in [2.75, 3.05) is 20.1 Å². The molecule has 13 heavy (non-hydrogen) atoms. The summed E-state index contributed by atoms with van der Waals surface area (Å²) in [6.07, 6.45) is 1.15. The second-order valence-corrected chi connectivity index (χ2v) is 3.75. The fourth-order valence-electron chi connectivity index (χ4n) is 1.01. The molecule has 0 aliphatic carbocycles. The third-order valence-corrected chi connectivity index (χ3v) is 2.63. The van der Waals surface area contributed by atoms with E-state index in [0.29, 0.717) is 0 Å². The first-order valence-electron chi connectivity index (χ1n) is 4.47. The van der Waals surface area contributed by atoms with Gasteiger partial charge in [-0.3, -0.25) is 0 Å². The highest BCUT2D eigenvalue weighted by molar-refractivity contribution is 7.05. The Hall–Kier alpha value is -0.520. The van der Waals surface area contributed by atoms with Gasteiger partial charge in [-0.1, -0.05) is 4.49 Å². The van der Waals surface area contributed by atoms with Crippen molar-refractivity contribution in [3.63, 3.8) is 0 Å². The van der Waals surface area contributed by atoms with Gasteiger partial charge in [0, 0.05) is 6.54 Å². The standard InChI is InChI=1S/C8H16N4S/c1-7-8(13-12-11-7)6-10-5-3-4-9-2/h9-10H,3-6H2,1-2H3. The Bertz CT molecular complexity index is 236. The van der Waals surface area contributed by atoms with Crippen LogP contribution in [0.4, 0.5) is 0 Å². The molecule has 2 N–H and O–H groups in total. The van der Waals surface area contributed by atoms with Crippen LogP contribution in [0.25, 0.3) is 0 Å². The lowest BCUT2D eigenvalue weighted by Crippen LogP contribution is -2.19. The number of aryl methyl sites for hydroxylation is 1. The summed E-state index contributed by atoms with van der Waals surface area (Å²) in [7, 11) is 1.97. The molecule has 0 unspecified atom stereocenters. The van der Waals surface area contributed by atoms with Crippen LogP contribution < -0.4 is 10.6 Å². The Morgan fingerprint density at radius 2 is 2.23 bits per heavy atom. The first-order valence-corrected chi connectivity index (χ1v) is 5.25. The van der Waals surface area contributed by atoms with Crippen molar-refractivity contribution in [3.8, 4) is 0 Å². The lowest BCUT2D eigenvalue weighted by Gasteiger charge is -2.02. The molecule has 0 aliphatic heterocycles. The SMILES string of the molecule is CNCCCNCc1snnc1C. The van der Waals surface area contributed by atoms with Gasteiger partial charge in [0.1, 0.15) is 0 Å². The zero-order chi connectivity index (χ0) is 9.52. The summed E-state index contributed by atoms with van der Waals surface area (Å²) in [5.74, 6) is 0. The number of aromatic nitrogens is 2. The van der Waals surface area contributed by atoms with Crippen molar-refractivity contribution < 1.29 is 0 Å². The average molecular weight is 200 g/mol. The number of nitrogens with one attached hydrogen (secondary N) is 2. The maximum absolute atomic E-state index is 3.95. The first kappa shape index (κ1) is 10.6. The molecule has 5 heteroatoms. The topological polar surface area (TPSA) is 49.8 Å². The third-order valence-electron chi connectivity index (χ3n) is 1.81. The highest BCUT2D eigenvalue weighted by Crippen LogP contribution is 2.07. The van der Waals surface area contributed by atoms with E-state index in [2.05, 4.69) is 20.2 Å². The lowest BCUT2D eigenvalue weighted by molar-refractivity contribution is 0.627. The summed E-state index contributed by atoms with van der Waals surface area (Å²) in [6, 6.07) is 0. The van der Waals surface area contributed by atoms with Crippen LogP contribution in [0.1, 0.15) is 17.0 Å². The quantitative estimate of drug-likeness (QED) is 0.658. The van der Waals surface area contributed by atoms with E-state index >= 15 is 0 Å². The predicted molar refractivity (Wildman–Crippen MR) is 54.9 cm³/mol. The van der Waals surface area contributed by atoms with Gasteiger partial charge < -0.3 is 10.6 Å². The summed E-state index contributed by atoms with van der Waals surface area (Å²) < 4.78 is 3.88. The van der Waals surface area contributed by atoms with Crippen LogP contribution >= 0.6 is 11.5 Å². The van der Waals surface area contributed by atoms with E-state index in [-0.39, 0.29) is 0 Å². The van der Waals surface area contributed by atoms with Gasteiger partial charge in [-0.05, 0) is 45.0 Å². The third kappa shape index (κ3) is 3.80. The number of rotatable bonds is 6. The molecule has 0 saturated heterocycles. The van der Waals surface area contributed by atoms with E-state index in [9.17, 15) is 0 Å². The fraction of sp³-hybridized carbons (Fsp3) is 0.750. The zero-order valence-electron chi connectivity index (χ0n) is 8.13. The van der Waals surface area contributed by atoms with Crippen LogP contribution in [0.2, 0.25) is 0 Å². The van der Waals surface area contributed by atoms with E-state index in [4.69, 9.17) is 0 Å². The summed E-state index contributed by atoms with van der Waals surface area (Å²) in [5, 5.41) is 10.4. The Morgan fingerprint density at radius 1 is 1.38 bits per heavy atom. The lowest BCUT2D eigenvalue weighted by atomic mass is 10.3. The number of nitrogens with zero attached hydrogens (tertiary/aromatic N) is 2. The van der Waals surface area contributed by atoms with Gasteiger partial charge in [-0.2, -0.15) is 0 Å². The van der Waals surface area contributed by atoms with E-state index < -0.39 is 0 Å². The van der Waals surface area contributed by atoms with Gasteiger partial charge >= 0.3 is 0 Å². The minimum Gasteiger partial charge on any atom is -0.320 e. The maximum Gasteiger partial charge on any atom is 0.0769 e. The van der Waals surface area contributed by atoms with Crippen LogP contribution in [-0.4, -0.2) is 29.7 Å². The zero-order valence-corrected chi connectivity index (χ0v) is 8.95. The molecule has 1 rings (SSSR count). The van der Waals surface area contributed by atoms with Crippen molar-refractivity contribution in [1.82, 2.24) is 20.2 Å². The molecule has 0 amide bonds. The fourth-order valence-corrected chi connectivity index (χ4v) is 1.61. The van der Waals surface area contributed by atoms with Gasteiger partial charge in [0.25, 0.3) is 0 Å². The minimum atomic E-state index is 0.896. The smallest absolute Gasteiger partial charge is 0.0769 e. The molecule has 0 saturated carbocycles. The van der Waals surface area contributed by atoms with Crippen molar-refractivity contribution in [3.05, 3.63) is 10.6 Å². The summed E-state index contributed by atoms with van der Waals surface area (Å²) in [4.78, 5) is 1.24. The van der Waals surface area contributed by atoms with Crippen LogP contribution in [0.15, 0.2) is 0 Å². The van der Waals surface area contributed by atoms with Crippen LogP contribution in [0.3, 0.4) is 0 Å². The van der Waals surface area contributed by atoms with Gasteiger partial charge in [0.2, 0.25) is 0 Å². The summed E-state index contributed by atoms with van der Waals surface area (Å²) in [5.41, 5.74) is 1.05. The molecule has 4 nitrogen and oxygen atoms in total. The highest BCUT2D eigenvalue weighted by atomic mass is 32.1. The molecule has 1 aromatic rings. The van der Waals surface area contributed by atoms with E-state index in [1.807, 2.05) is 14.0 Å². The van der Waals surface area contributed by atoms with Crippen molar-refractivity contribution in [2.24, 2.45) is 0 Å². The monoisotopic (exact) mass is 200 g/mol. The highest BCUT2D eigenvalue weighted by Gasteiger charge is 2.00. The molecule has 1 aromatic heterocycles. The number of hydrogen-bond donors (Lipinski definition) is 2. The Labute approximate surface area is 82.9 Å².